The third kappa shape index (κ3) is 2.95. The van der Waals surface area contributed by atoms with E-state index >= 15 is 0 Å². The molecular weight excluding hydrogens is 374 g/mol. The van der Waals surface area contributed by atoms with Crippen LogP contribution in [0.3, 0.4) is 0 Å². The van der Waals surface area contributed by atoms with E-state index < -0.39 is 15.7 Å². The highest BCUT2D eigenvalue weighted by molar-refractivity contribution is 7.89. The van der Waals surface area contributed by atoms with E-state index in [1.807, 2.05) is 17.5 Å². The Morgan fingerprint density at radius 2 is 2.04 bits per heavy atom. The average molecular weight is 393 g/mol. The molecule has 0 unspecified atom stereocenters. The molecule has 2 aliphatic heterocycles. The molecule has 1 fully saturated rings. The number of thiophene rings is 1. The molecule has 0 atom stereocenters. The van der Waals surface area contributed by atoms with Crippen molar-refractivity contribution in [1.82, 2.24) is 9.62 Å². The van der Waals surface area contributed by atoms with Crippen molar-refractivity contribution in [1.29, 1.82) is 0 Å². The first-order valence-electron chi connectivity index (χ1n) is 8.25. The summed E-state index contributed by atoms with van der Waals surface area (Å²) >= 11 is 1.41. The van der Waals surface area contributed by atoms with Crippen molar-refractivity contribution in [2.75, 3.05) is 25.5 Å². The number of anilines is 1. The van der Waals surface area contributed by atoms with Crippen molar-refractivity contribution in [2.24, 2.45) is 0 Å². The highest BCUT2D eigenvalue weighted by Gasteiger charge is 2.44. The Kier molecular flexibility index (Phi) is 4.17. The number of sulfonamides is 1. The van der Waals surface area contributed by atoms with Gasteiger partial charge in [0.05, 0.1) is 17.7 Å². The normalized spacial score (nSPS) is 20.3. The van der Waals surface area contributed by atoms with Crippen LogP contribution in [0.4, 0.5) is 5.69 Å². The first kappa shape index (κ1) is 17.3. The monoisotopic (exact) mass is 393 g/mol. The number of carbonyl (C=O) groups excluding carboxylic acids is 1. The number of hydrogen-bond acceptors (Lipinski definition) is 6. The van der Waals surface area contributed by atoms with Crippen LogP contribution in [0.25, 0.3) is 0 Å². The van der Waals surface area contributed by atoms with Gasteiger partial charge in [-0.2, -0.15) is 4.72 Å². The third-order valence-electron chi connectivity index (χ3n) is 4.82. The van der Waals surface area contributed by atoms with Gasteiger partial charge in [-0.3, -0.25) is 4.79 Å². The van der Waals surface area contributed by atoms with Gasteiger partial charge in [-0.25, -0.2) is 8.42 Å². The largest absolute Gasteiger partial charge is 0.497 e. The molecule has 0 aliphatic carbocycles. The van der Waals surface area contributed by atoms with E-state index in [-0.39, 0.29) is 10.8 Å². The van der Waals surface area contributed by atoms with Gasteiger partial charge in [-0.1, -0.05) is 6.07 Å². The Labute approximate surface area is 156 Å². The van der Waals surface area contributed by atoms with Crippen LogP contribution in [0.1, 0.15) is 22.5 Å². The number of fused-ring (bicyclic) bond motifs is 1. The lowest BCUT2D eigenvalue weighted by Gasteiger charge is -2.45. The number of amides is 1. The van der Waals surface area contributed by atoms with Crippen molar-refractivity contribution in [3.8, 4) is 5.75 Å². The van der Waals surface area contributed by atoms with E-state index in [1.54, 1.807) is 24.1 Å². The van der Waals surface area contributed by atoms with Gasteiger partial charge in [0.15, 0.2) is 0 Å². The average Bonchev–Trinajstić information content (AvgIpc) is 3.15. The standard InChI is InChI=1S/C17H19N3O4S2/c1-24-12-4-5-15-13(11-12)18-17(19-26(15,22)23)6-8-20(9-7-17)16(21)14-3-2-10-25-14/h2-5,10-11,18-19H,6-9H2,1H3. The van der Waals surface area contributed by atoms with Gasteiger partial charge in [0.2, 0.25) is 10.0 Å². The van der Waals surface area contributed by atoms with Crippen LogP contribution >= 0.6 is 11.3 Å². The summed E-state index contributed by atoms with van der Waals surface area (Å²) < 4.78 is 33.3. The number of piperidine rings is 1. The number of ether oxygens (including phenoxy) is 1. The summed E-state index contributed by atoms with van der Waals surface area (Å²) in [5.41, 5.74) is -0.258. The minimum Gasteiger partial charge on any atom is -0.497 e. The number of methoxy groups -OCH3 is 1. The summed E-state index contributed by atoms with van der Waals surface area (Å²) in [6.45, 7) is 0.955. The van der Waals surface area contributed by atoms with E-state index in [9.17, 15) is 13.2 Å². The predicted molar refractivity (Wildman–Crippen MR) is 99.1 cm³/mol. The summed E-state index contributed by atoms with van der Waals surface area (Å²) in [6.07, 6.45) is 0.972. The summed E-state index contributed by atoms with van der Waals surface area (Å²) in [6, 6.07) is 8.51. The molecule has 2 aromatic rings. The van der Waals surface area contributed by atoms with E-state index in [0.29, 0.717) is 42.2 Å². The van der Waals surface area contributed by atoms with Gasteiger partial charge in [0, 0.05) is 32.0 Å². The molecule has 3 heterocycles. The van der Waals surface area contributed by atoms with Crippen LogP contribution in [0, 0.1) is 0 Å². The van der Waals surface area contributed by atoms with E-state index in [4.69, 9.17) is 4.74 Å². The second-order valence-electron chi connectivity index (χ2n) is 6.44. The molecule has 0 saturated carbocycles. The van der Waals surface area contributed by atoms with Gasteiger partial charge in [0.25, 0.3) is 5.91 Å². The zero-order chi connectivity index (χ0) is 18.4. The molecular formula is C17H19N3O4S2. The van der Waals surface area contributed by atoms with Gasteiger partial charge < -0.3 is 15.0 Å². The van der Waals surface area contributed by atoms with Crippen molar-refractivity contribution in [2.45, 2.75) is 23.4 Å². The first-order chi connectivity index (χ1) is 12.4. The SMILES string of the molecule is COc1ccc2c(c1)NC1(CCN(C(=O)c3cccs3)CC1)NS2(=O)=O. The second kappa shape index (κ2) is 6.26. The molecule has 26 heavy (non-hydrogen) atoms. The lowest BCUT2D eigenvalue weighted by molar-refractivity contribution is 0.0681. The Morgan fingerprint density at radius 3 is 2.69 bits per heavy atom. The number of nitrogens with zero attached hydrogens (tertiary/aromatic N) is 1. The van der Waals surface area contributed by atoms with E-state index in [0.717, 1.165) is 0 Å². The zero-order valence-corrected chi connectivity index (χ0v) is 15.8. The maximum absolute atomic E-state index is 12.7. The number of rotatable bonds is 2. The molecule has 1 aromatic carbocycles. The lowest BCUT2D eigenvalue weighted by Crippen LogP contribution is -2.62. The fourth-order valence-corrected chi connectivity index (χ4v) is 5.66. The third-order valence-corrected chi connectivity index (χ3v) is 7.27. The Hall–Kier alpha value is -2.10. The Balaban J connectivity index is 1.56. The number of likely N-dealkylation sites (tertiary alicyclic amines) is 1. The quantitative estimate of drug-likeness (QED) is 0.816. The smallest absolute Gasteiger partial charge is 0.263 e. The topological polar surface area (TPSA) is 87.7 Å². The van der Waals surface area contributed by atoms with Crippen molar-refractivity contribution < 1.29 is 17.9 Å². The molecule has 1 amide bonds. The van der Waals surface area contributed by atoms with Gasteiger partial charge in [-0.05, 0) is 23.6 Å². The summed E-state index contributed by atoms with van der Waals surface area (Å²) in [4.78, 5) is 15.2. The second-order valence-corrected chi connectivity index (χ2v) is 9.04. The van der Waals surface area contributed by atoms with E-state index in [2.05, 4.69) is 10.0 Å². The first-order valence-corrected chi connectivity index (χ1v) is 10.6. The van der Waals surface area contributed by atoms with Crippen LogP contribution in [0.15, 0.2) is 40.6 Å². The zero-order valence-electron chi connectivity index (χ0n) is 14.2. The molecule has 4 rings (SSSR count). The lowest BCUT2D eigenvalue weighted by atomic mass is 9.97. The molecule has 7 nitrogen and oxygen atoms in total. The predicted octanol–water partition coefficient (Wildman–Crippen LogP) is 2.09. The van der Waals surface area contributed by atoms with Crippen LogP contribution < -0.4 is 14.8 Å². The molecule has 1 spiro atoms. The van der Waals surface area contributed by atoms with E-state index in [1.165, 1.54) is 17.4 Å². The fourth-order valence-electron chi connectivity index (χ4n) is 3.44. The van der Waals surface area contributed by atoms with Crippen LogP contribution in [0.2, 0.25) is 0 Å². The highest BCUT2D eigenvalue weighted by Crippen LogP contribution is 2.37. The molecule has 9 heteroatoms. The summed E-state index contributed by atoms with van der Waals surface area (Å²) in [7, 11) is -2.08. The highest BCUT2D eigenvalue weighted by atomic mass is 32.2. The fraction of sp³-hybridized carbons (Fsp3) is 0.353. The summed E-state index contributed by atoms with van der Waals surface area (Å²) in [5, 5.41) is 5.21. The minimum absolute atomic E-state index is 0.00409. The summed E-state index contributed by atoms with van der Waals surface area (Å²) in [5.74, 6) is 0.587. The van der Waals surface area contributed by atoms with Crippen molar-refractivity contribution in [3.05, 3.63) is 40.6 Å². The number of hydrogen-bond donors (Lipinski definition) is 2. The molecule has 1 saturated heterocycles. The van der Waals surface area contributed by atoms with Crippen LogP contribution in [-0.4, -0.2) is 45.1 Å². The minimum atomic E-state index is -3.63. The molecule has 0 bridgehead atoms. The molecule has 2 N–H and O–H groups in total. The maximum atomic E-state index is 12.7. The Morgan fingerprint density at radius 1 is 1.27 bits per heavy atom. The maximum Gasteiger partial charge on any atom is 0.263 e. The molecule has 1 aromatic heterocycles. The molecule has 138 valence electrons. The molecule has 2 aliphatic rings. The molecule has 0 radical (unpaired) electrons. The van der Waals surface area contributed by atoms with Gasteiger partial charge >= 0.3 is 0 Å². The van der Waals surface area contributed by atoms with Crippen LogP contribution in [-0.2, 0) is 10.0 Å². The number of benzene rings is 1. The van der Waals surface area contributed by atoms with Gasteiger partial charge in [0.1, 0.15) is 16.3 Å². The van der Waals surface area contributed by atoms with Crippen molar-refractivity contribution in [3.63, 3.8) is 0 Å². The van der Waals surface area contributed by atoms with Gasteiger partial charge in [-0.15, -0.1) is 11.3 Å². The Bertz CT molecular complexity index is 933. The van der Waals surface area contributed by atoms with Crippen LogP contribution in [0.5, 0.6) is 5.75 Å². The number of nitrogens with one attached hydrogen (secondary N) is 2. The number of carbonyl (C=O) groups is 1. The van der Waals surface area contributed by atoms with Crippen molar-refractivity contribution >= 4 is 33.0 Å².